The lowest BCUT2D eigenvalue weighted by Crippen LogP contribution is -2.48. The molecule has 1 saturated heterocycles. The predicted molar refractivity (Wildman–Crippen MR) is 120 cm³/mol. The molecule has 0 N–H and O–H groups in total. The number of hydrogen-bond donors (Lipinski definition) is 0. The molecule has 1 aromatic heterocycles. The second-order valence-corrected chi connectivity index (χ2v) is 9.59. The van der Waals surface area contributed by atoms with Crippen LogP contribution in [0.2, 0.25) is 0 Å². The van der Waals surface area contributed by atoms with Crippen LogP contribution in [0.25, 0.3) is 22.2 Å². The van der Waals surface area contributed by atoms with Gasteiger partial charge in [-0.25, -0.2) is 13.4 Å². The van der Waals surface area contributed by atoms with Gasteiger partial charge in [0.1, 0.15) is 5.52 Å². The van der Waals surface area contributed by atoms with Crippen LogP contribution in [0.1, 0.15) is 5.89 Å². The Kier molecular flexibility index (Phi) is 5.31. The van der Waals surface area contributed by atoms with Crippen molar-refractivity contribution in [1.29, 1.82) is 0 Å². The maximum Gasteiger partial charge on any atom is 0.243 e. The summed E-state index contributed by atoms with van der Waals surface area (Å²) in [5, 5.41) is 0. The van der Waals surface area contributed by atoms with Gasteiger partial charge in [0.05, 0.1) is 11.4 Å². The van der Waals surface area contributed by atoms with Crippen LogP contribution in [0.4, 0.5) is 0 Å². The number of benzene rings is 3. The van der Waals surface area contributed by atoms with Crippen molar-refractivity contribution in [3.05, 3.63) is 84.8 Å². The minimum absolute atomic E-state index is 0.344. The fraction of sp³-hybridized carbons (Fsp3) is 0.208. The van der Waals surface area contributed by atoms with Gasteiger partial charge in [-0.1, -0.05) is 54.6 Å². The van der Waals surface area contributed by atoms with Crippen molar-refractivity contribution >= 4 is 21.1 Å². The molecule has 158 valence electrons. The third-order valence-corrected chi connectivity index (χ3v) is 7.52. The highest BCUT2D eigenvalue weighted by Crippen LogP contribution is 2.25. The summed E-state index contributed by atoms with van der Waals surface area (Å²) in [5.41, 5.74) is 3.85. The Morgan fingerprint density at radius 2 is 1.48 bits per heavy atom. The summed E-state index contributed by atoms with van der Waals surface area (Å²) < 4.78 is 33.1. The summed E-state index contributed by atoms with van der Waals surface area (Å²) >= 11 is 0. The summed E-state index contributed by atoms with van der Waals surface area (Å²) in [6, 6.07) is 24.8. The Morgan fingerprint density at radius 1 is 0.806 bits per heavy atom. The fourth-order valence-electron chi connectivity index (χ4n) is 3.91. The second-order valence-electron chi connectivity index (χ2n) is 7.65. The average molecular weight is 434 g/mol. The van der Waals surface area contributed by atoms with Crippen LogP contribution in [-0.4, -0.2) is 48.8 Å². The van der Waals surface area contributed by atoms with Crippen molar-refractivity contribution in [1.82, 2.24) is 14.2 Å². The van der Waals surface area contributed by atoms with Crippen LogP contribution in [0.15, 0.2) is 88.2 Å². The normalized spacial score (nSPS) is 16.0. The number of rotatable bonds is 5. The van der Waals surface area contributed by atoms with Crippen molar-refractivity contribution in [3.63, 3.8) is 0 Å². The van der Waals surface area contributed by atoms with E-state index in [-0.39, 0.29) is 0 Å². The number of hydrogen-bond acceptors (Lipinski definition) is 5. The first-order valence-corrected chi connectivity index (χ1v) is 11.8. The van der Waals surface area contributed by atoms with E-state index in [1.807, 2.05) is 42.5 Å². The van der Waals surface area contributed by atoms with E-state index in [0.717, 1.165) is 22.2 Å². The Bertz CT molecular complexity index is 1280. The first kappa shape index (κ1) is 19.9. The number of sulfonamides is 1. The van der Waals surface area contributed by atoms with Gasteiger partial charge in [-0.2, -0.15) is 4.31 Å². The van der Waals surface area contributed by atoms with Crippen LogP contribution in [0, 0.1) is 0 Å². The van der Waals surface area contributed by atoms with Crippen LogP contribution < -0.4 is 0 Å². The molecule has 0 unspecified atom stereocenters. The Hall–Kier alpha value is -3.00. The molecular weight excluding hydrogens is 410 g/mol. The van der Waals surface area contributed by atoms with Crippen molar-refractivity contribution < 1.29 is 12.8 Å². The Balaban J connectivity index is 1.26. The maximum atomic E-state index is 12.8. The quantitative estimate of drug-likeness (QED) is 0.476. The first-order valence-electron chi connectivity index (χ1n) is 10.3. The molecule has 0 aliphatic carbocycles. The lowest BCUT2D eigenvalue weighted by atomic mass is 10.1. The molecule has 1 aliphatic rings. The van der Waals surface area contributed by atoms with E-state index < -0.39 is 10.0 Å². The number of aromatic nitrogens is 1. The summed E-state index contributed by atoms with van der Waals surface area (Å²) in [7, 11) is -3.44. The zero-order valence-electron chi connectivity index (χ0n) is 17.0. The second kappa shape index (κ2) is 8.26. The highest BCUT2D eigenvalue weighted by molar-refractivity contribution is 7.89. The predicted octanol–water partition coefficient (Wildman–Crippen LogP) is 4.00. The third kappa shape index (κ3) is 4.12. The first-order chi connectivity index (χ1) is 15.1. The van der Waals surface area contributed by atoms with Gasteiger partial charge in [0, 0.05) is 26.2 Å². The van der Waals surface area contributed by atoms with E-state index in [1.54, 1.807) is 28.6 Å². The lowest BCUT2D eigenvalue weighted by Gasteiger charge is -2.33. The van der Waals surface area contributed by atoms with E-state index in [2.05, 4.69) is 22.0 Å². The topological polar surface area (TPSA) is 66.7 Å². The molecule has 0 spiro atoms. The number of piperazine rings is 1. The van der Waals surface area contributed by atoms with Gasteiger partial charge in [-0.15, -0.1) is 0 Å². The molecule has 5 rings (SSSR count). The molecule has 7 heteroatoms. The molecule has 1 fully saturated rings. The van der Waals surface area contributed by atoms with Crippen LogP contribution in [-0.2, 0) is 16.6 Å². The van der Waals surface area contributed by atoms with Crippen molar-refractivity contribution in [2.75, 3.05) is 26.2 Å². The molecule has 2 heterocycles. The molecule has 0 amide bonds. The number of oxazole rings is 1. The van der Waals surface area contributed by atoms with Gasteiger partial charge >= 0.3 is 0 Å². The minimum atomic E-state index is -3.44. The van der Waals surface area contributed by atoms with Crippen LogP contribution in [0.5, 0.6) is 0 Å². The zero-order chi connectivity index (χ0) is 21.3. The van der Waals surface area contributed by atoms with E-state index >= 15 is 0 Å². The molecule has 0 radical (unpaired) electrons. The number of fused-ring (bicyclic) bond motifs is 1. The fourth-order valence-corrected chi connectivity index (χ4v) is 5.36. The van der Waals surface area contributed by atoms with Gasteiger partial charge in [0.15, 0.2) is 5.58 Å². The molecule has 1 aliphatic heterocycles. The molecule has 0 saturated carbocycles. The molecular formula is C24H23N3O3S. The minimum Gasteiger partial charge on any atom is -0.439 e. The third-order valence-electron chi connectivity index (χ3n) is 5.61. The van der Waals surface area contributed by atoms with E-state index in [1.165, 1.54) is 0 Å². The molecule has 4 aromatic rings. The Morgan fingerprint density at radius 3 is 2.19 bits per heavy atom. The van der Waals surface area contributed by atoms with E-state index in [0.29, 0.717) is 43.5 Å². The Labute approximate surface area is 181 Å². The SMILES string of the molecule is O=S(=O)(c1ccccc1)N1CCN(Cc2nc3cc(-c4ccccc4)ccc3o2)CC1. The average Bonchev–Trinajstić information content (AvgIpc) is 3.22. The summed E-state index contributed by atoms with van der Waals surface area (Å²) in [4.78, 5) is 7.19. The van der Waals surface area contributed by atoms with Crippen LogP contribution in [0.3, 0.4) is 0 Å². The lowest BCUT2D eigenvalue weighted by molar-refractivity contribution is 0.169. The summed E-state index contributed by atoms with van der Waals surface area (Å²) in [6.07, 6.45) is 0. The van der Waals surface area contributed by atoms with Gasteiger partial charge < -0.3 is 4.42 Å². The smallest absolute Gasteiger partial charge is 0.243 e. The van der Waals surface area contributed by atoms with Crippen molar-refractivity contribution in [2.45, 2.75) is 11.4 Å². The van der Waals surface area contributed by atoms with Gasteiger partial charge in [0.25, 0.3) is 0 Å². The number of nitrogens with zero attached hydrogens (tertiary/aromatic N) is 3. The van der Waals surface area contributed by atoms with Gasteiger partial charge in [-0.3, -0.25) is 4.90 Å². The van der Waals surface area contributed by atoms with Crippen molar-refractivity contribution in [2.24, 2.45) is 0 Å². The highest BCUT2D eigenvalue weighted by atomic mass is 32.2. The zero-order valence-corrected chi connectivity index (χ0v) is 17.8. The molecule has 0 atom stereocenters. The largest absolute Gasteiger partial charge is 0.439 e. The molecule has 3 aromatic carbocycles. The van der Waals surface area contributed by atoms with Crippen molar-refractivity contribution in [3.8, 4) is 11.1 Å². The summed E-state index contributed by atoms with van der Waals surface area (Å²) in [5.74, 6) is 0.652. The molecule has 6 nitrogen and oxygen atoms in total. The maximum absolute atomic E-state index is 12.8. The van der Waals surface area contributed by atoms with Crippen LogP contribution >= 0.6 is 0 Å². The summed E-state index contributed by atoms with van der Waals surface area (Å²) in [6.45, 7) is 2.75. The highest BCUT2D eigenvalue weighted by Gasteiger charge is 2.28. The molecule has 0 bridgehead atoms. The van der Waals surface area contributed by atoms with E-state index in [4.69, 9.17) is 4.42 Å². The standard InChI is InChI=1S/C24H23N3O3S/c28-31(29,21-9-5-2-6-10-21)27-15-13-26(14-16-27)18-24-25-22-17-20(11-12-23(22)30-24)19-7-3-1-4-8-19/h1-12,17H,13-16,18H2. The van der Waals surface area contributed by atoms with Gasteiger partial charge in [0.2, 0.25) is 15.9 Å². The monoisotopic (exact) mass is 433 g/mol. The van der Waals surface area contributed by atoms with E-state index in [9.17, 15) is 8.42 Å². The van der Waals surface area contributed by atoms with Gasteiger partial charge in [-0.05, 0) is 35.4 Å². The molecule has 31 heavy (non-hydrogen) atoms.